The number of anilines is 3. The zero-order valence-electron chi connectivity index (χ0n) is 10.9. The number of nitriles is 1. The Hall–Kier alpha value is -2.47. The standard InChI is InChI=1S/C16H15N3/c1-12-2-5-14(6-3-12)19-9-8-18-15-10-13(11-17)4-7-16(15)19/h2-7,10,18H,8-9H2,1H3. The van der Waals surface area contributed by atoms with Crippen molar-refractivity contribution < 1.29 is 0 Å². The molecule has 0 aromatic heterocycles. The van der Waals surface area contributed by atoms with Gasteiger partial charge in [0.05, 0.1) is 23.0 Å². The zero-order valence-corrected chi connectivity index (χ0v) is 10.9. The summed E-state index contributed by atoms with van der Waals surface area (Å²) in [7, 11) is 0. The average Bonchev–Trinajstić information content (AvgIpc) is 2.47. The molecule has 3 heteroatoms. The highest BCUT2D eigenvalue weighted by molar-refractivity contribution is 5.79. The molecule has 2 aromatic rings. The molecular weight excluding hydrogens is 234 g/mol. The fourth-order valence-electron chi connectivity index (χ4n) is 2.40. The second-order valence-corrected chi connectivity index (χ2v) is 4.76. The van der Waals surface area contributed by atoms with Crippen LogP contribution in [0.4, 0.5) is 17.1 Å². The molecule has 2 aromatic carbocycles. The van der Waals surface area contributed by atoms with Gasteiger partial charge in [-0.3, -0.25) is 0 Å². The molecule has 0 amide bonds. The van der Waals surface area contributed by atoms with Gasteiger partial charge in [-0.05, 0) is 37.3 Å². The van der Waals surface area contributed by atoms with Crippen LogP contribution in [0.1, 0.15) is 11.1 Å². The number of rotatable bonds is 1. The Morgan fingerprint density at radius 3 is 2.68 bits per heavy atom. The topological polar surface area (TPSA) is 39.1 Å². The van der Waals surface area contributed by atoms with Gasteiger partial charge in [0.1, 0.15) is 0 Å². The Morgan fingerprint density at radius 1 is 1.16 bits per heavy atom. The van der Waals surface area contributed by atoms with Crippen molar-refractivity contribution in [2.24, 2.45) is 0 Å². The smallest absolute Gasteiger partial charge is 0.0992 e. The fourth-order valence-corrected chi connectivity index (χ4v) is 2.40. The molecule has 3 nitrogen and oxygen atoms in total. The molecule has 0 radical (unpaired) electrons. The minimum absolute atomic E-state index is 0.692. The number of hydrogen-bond acceptors (Lipinski definition) is 3. The Kier molecular flexibility index (Phi) is 2.85. The second kappa shape index (κ2) is 4.66. The summed E-state index contributed by atoms with van der Waals surface area (Å²) in [6, 6.07) is 16.5. The summed E-state index contributed by atoms with van der Waals surface area (Å²) in [6.45, 7) is 3.91. The van der Waals surface area contributed by atoms with Gasteiger partial charge in [-0.15, -0.1) is 0 Å². The van der Waals surface area contributed by atoms with Gasteiger partial charge in [0, 0.05) is 18.8 Å². The van der Waals surface area contributed by atoms with Crippen molar-refractivity contribution >= 4 is 17.1 Å². The molecule has 3 rings (SSSR count). The Morgan fingerprint density at radius 2 is 1.95 bits per heavy atom. The van der Waals surface area contributed by atoms with Crippen LogP contribution in [0.3, 0.4) is 0 Å². The van der Waals surface area contributed by atoms with Crippen molar-refractivity contribution in [3.05, 3.63) is 53.6 Å². The van der Waals surface area contributed by atoms with Crippen LogP contribution in [-0.2, 0) is 0 Å². The Balaban J connectivity index is 2.03. The zero-order chi connectivity index (χ0) is 13.2. The summed E-state index contributed by atoms with van der Waals surface area (Å²) in [5.41, 5.74) is 5.31. The molecule has 0 spiro atoms. The Labute approximate surface area is 113 Å². The fraction of sp³-hybridized carbons (Fsp3) is 0.188. The number of benzene rings is 2. The predicted octanol–water partition coefficient (Wildman–Crippen LogP) is 3.43. The summed E-state index contributed by atoms with van der Waals surface area (Å²) in [6.07, 6.45) is 0. The lowest BCUT2D eigenvalue weighted by atomic mass is 10.1. The number of nitrogens with zero attached hydrogens (tertiary/aromatic N) is 2. The van der Waals surface area contributed by atoms with Gasteiger partial charge in [0.15, 0.2) is 0 Å². The molecule has 0 atom stereocenters. The van der Waals surface area contributed by atoms with Crippen molar-refractivity contribution in [2.75, 3.05) is 23.3 Å². The van der Waals surface area contributed by atoms with Crippen LogP contribution in [0.5, 0.6) is 0 Å². The lowest BCUT2D eigenvalue weighted by molar-refractivity contribution is 0.926. The molecular formula is C16H15N3. The van der Waals surface area contributed by atoms with E-state index in [4.69, 9.17) is 5.26 Å². The molecule has 94 valence electrons. The Bertz CT molecular complexity index is 638. The molecule has 1 N–H and O–H groups in total. The minimum atomic E-state index is 0.692. The molecule has 0 fully saturated rings. The van der Waals surface area contributed by atoms with E-state index in [1.54, 1.807) is 0 Å². The van der Waals surface area contributed by atoms with Gasteiger partial charge < -0.3 is 10.2 Å². The van der Waals surface area contributed by atoms with Crippen LogP contribution in [0, 0.1) is 18.3 Å². The van der Waals surface area contributed by atoms with Crippen LogP contribution in [0.25, 0.3) is 0 Å². The van der Waals surface area contributed by atoms with Gasteiger partial charge in [-0.25, -0.2) is 0 Å². The molecule has 1 aliphatic rings. The van der Waals surface area contributed by atoms with E-state index in [9.17, 15) is 0 Å². The third-order valence-corrected chi connectivity index (χ3v) is 3.41. The summed E-state index contributed by atoms with van der Waals surface area (Å²) in [4.78, 5) is 2.28. The quantitative estimate of drug-likeness (QED) is 0.841. The first kappa shape index (κ1) is 11.6. The number of fused-ring (bicyclic) bond motifs is 1. The van der Waals surface area contributed by atoms with Crippen molar-refractivity contribution in [1.29, 1.82) is 5.26 Å². The molecule has 1 heterocycles. The lowest BCUT2D eigenvalue weighted by Crippen LogP contribution is -2.30. The first-order valence-electron chi connectivity index (χ1n) is 6.40. The largest absolute Gasteiger partial charge is 0.382 e. The van der Waals surface area contributed by atoms with Crippen LogP contribution < -0.4 is 10.2 Å². The normalized spacial score (nSPS) is 13.4. The lowest BCUT2D eigenvalue weighted by Gasteiger charge is -2.32. The van der Waals surface area contributed by atoms with E-state index in [-0.39, 0.29) is 0 Å². The summed E-state index contributed by atoms with van der Waals surface area (Å²) in [5.74, 6) is 0. The molecule has 0 unspecified atom stereocenters. The van der Waals surface area contributed by atoms with Gasteiger partial charge in [-0.2, -0.15) is 5.26 Å². The molecule has 0 saturated heterocycles. The number of hydrogen-bond donors (Lipinski definition) is 1. The van der Waals surface area contributed by atoms with Crippen LogP contribution in [0.15, 0.2) is 42.5 Å². The molecule has 0 saturated carbocycles. The average molecular weight is 249 g/mol. The van der Waals surface area contributed by atoms with Gasteiger partial charge >= 0.3 is 0 Å². The minimum Gasteiger partial charge on any atom is -0.382 e. The molecule has 1 aliphatic heterocycles. The number of nitrogens with one attached hydrogen (secondary N) is 1. The predicted molar refractivity (Wildman–Crippen MR) is 77.8 cm³/mol. The van der Waals surface area contributed by atoms with E-state index < -0.39 is 0 Å². The highest BCUT2D eigenvalue weighted by Crippen LogP contribution is 2.35. The van der Waals surface area contributed by atoms with E-state index in [1.807, 2.05) is 18.2 Å². The van der Waals surface area contributed by atoms with E-state index in [0.29, 0.717) is 5.56 Å². The summed E-state index contributed by atoms with van der Waals surface area (Å²) < 4.78 is 0. The molecule has 0 aliphatic carbocycles. The van der Waals surface area contributed by atoms with Gasteiger partial charge in [-0.1, -0.05) is 17.7 Å². The maximum atomic E-state index is 8.96. The van der Waals surface area contributed by atoms with Crippen molar-refractivity contribution in [3.8, 4) is 6.07 Å². The third-order valence-electron chi connectivity index (χ3n) is 3.41. The van der Waals surface area contributed by atoms with Gasteiger partial charge in [0.2, 0.25) is 0 Å². The molecule has 0 bridgehead atoms. The maximum absolute atomic E-state index is 8.96. The summed E-state index contributed by atoms with van der Waals surface area (Å²) >= 11 is 0. The van der Waals surface area contributed by atoms with E-state index >= 15 is 0 Å². The van der Waals surface area contributed by atoms with Crippen LogP contribution in [-0.4, -0.2) is 13.1 Å². The monoisotopic (exact) mass is 249 g/mol. The third kappa shape index (κ3) is 2.13. The first-order chi connectivity index (χ1) is 9.28. The summed E-state index contributed by atoms with van der Waals surface area (Å²) in [5, 5.41) is 12.3. The van der Waals surface area contributed by atoms with E-state index in [2.05, 4.69) is 47.5 Å². The number of aryl methyl sites for hydroxylation is 1. The van der Waals surface area contributed by atoms with Crippen molar-refractivity contribution in [3.63, 3.8) is 0 Å². The SMILES string of the molecule is Cc1ccc(N2CCNc3cc(C#N)ccc32)cc1. The highest BCUT2D eigenvalue weighted by atomic mass is 15.2. The van der Waals surface area contributed by atoms with Crippen molar-refractivity contribution in [2.45, 2.75) is 6.92 Å². The van der Waals surface area contributed by atoms with Gasteiger partial charge in [0.25, 0.3) is 0 Å². The van der Waals surface area contributed by atoms with E-state index in [0.717, 1.165) is 24.5 Å². The molecule has 19 heavy (non-hydrogen) atoms. The van der Waals surface area contributed by atoms with Crippen molar-refractivity contribution in [1.82, 2.24) is 0 Å². The van der Waals surface area contributed by atoms with E-state index in [1.165, 1.54) is 11.3 Å². The first-order valence-corrected chi connectivity index (χ1v) is 6.40. The maximum Gasteiger partial charge on any atom is 0.0992 e. The van der Waals surface area contributed by atoms with Crippen LogP contribution in [0.2, 0.25) is 0 Å². The second-order valence-electron chi connectivity index (χ2n) is 4.76. The highest BCUT2D eigenvalue weighted by Gasteiger charge is 2.17. The van der Waals surface area contributed by atoms with Crippen LogP contribution >= 0.6 is 0 Å².